The molecule has 0 unspecified atom stereocenters. The van der Waals surface area contributed by atoms with Crippen LogP contribution in [0.3, 0.4) is 0 Å². The van der Waals surface area contributed by atoms with Crippen LogP contribution in [0.1, 0.15) is 71.6 Å². The van der Waals surface area contributed by atoms with Gasteiger partial charge in [-0.3, -0.25) is 0 Å². The van der Waals surface area contributed by atoms with Gasteiger partial charge in [-0.2, -0.15) is 0 Å². The van der Waals surface area contributed by atoms with E-state index in [1.807, 2.05) is 0 Å². The summed E-state index contributed by atoms with van der Waals surface area (Å²) in [4.78, 5) is 0. The van der Waals surface area contributed by atoms with Crippen molar-refractivity contribution in [2.45, 2.75) is 71.6 Å². The Balaban J connectivity index is 2.36. The van der Waals surface area contributed by atoms with E-state index in [1.165, 1.54) is 64.3 Å². The van der Waals surface area contributed by atoms with Gasteiger partial charge in [-0.15, -0.1) is 0 Å². The summed E-state index contributed by atoms with van der Waals surface area (Å²) >= 11 is 0. The van der Waals surface area contributed by atoms with Gasteiger partial charge in [0.1, 0.15) is 0 Å². The third-order valence-corrected chi connectivity index (χ3v) is 4.46. The normalized spacial score (nSPS) is 30.6. The average molecular weight is 225 g/mol. The van der Waals surface area contributed by atoms with Crippen LogP contribution in [0.15, 0.2) is 0 Å². The Kier molecular flexibility index (Phi) is 6.41. The fraction of sp³-hybridized carbons (Fsp3) is 1.00. The first-order valence-corrected chi connectivity index (χ1v) is 7.41. The van der Waals surface area contributed by atoms with E-state index >= 15 is 0 Å². The smallest absolute Gasteiger partial charge is 0.000480 e. The first-order chi connectivity index (χ1) is 7.76. The van der Waals surface area contributed by atoms with Gasteiger partial charge >= 0.3 is 0 Å². The molecule has 1 saturated carbocycles. The maximum Gasteiger partial charge on any atom is 0.000480 e. The van der Waals surface area contributed by atoms with Crippen molar-refractivity contribution in [3.63, 3.8) is 0 Å². The fourth-order valence-corrected chi connectivity index (χ4v) is 3.49. The van der Waals surface area contributed by atoms with Crippen LogP contribution in [0.4, 0.5) is 0 Å². The Hall–Kier alpha value is -0.0400. The van der Waals surface area contributed by atoms with E-state index in [2.05, 4.69) is 26.2 Å². The summed E-state index contributed by atoms with van der Waals surface area (Å²) in [6, 6.07) is 0. The van der Waals surface area contributed by atoms with Gasteiger partial charge in [0, 0.05) is 6.54 Å². The highest BCUT2D eigenvalue weighted by Crippen LogP contribution is 2.43. The Bertz CT molecular complexity index is 160. The number of rotatable bonds is 7. The van der Waals surface area contributed by atoms with Crippen molar-refractivity contribution >= 4 is 0 Å². The molecule has 1 N–H and O–H groups in total. The molecule has 1 aliphatic rings. The van der Waals surface area contributed by atoms with E-state index < -0.39 is 0 Å². The lowest BCUT2D eigenvalue weighted by Crippen LogP contribution is -2.36. The van der Waals surface area contributed by atoms with E-state index in [1.54, 1.807) is 0 Å². The quantitative estimate of drug-likeness (QED) is 0.678. The molecule has 0 aliphatic heterocycles. The zero-order chi connectivity index (χ0) is 11.9. The van der Waals surface area contributed by atoms with E-state index in [0.29, 0.717) is 5.41 Å². The number of unbranched alkanes of at least 4 members (excludes halogenated alkanes) is 1. The van der Waals surface area contributed by atoms with Gasteiger partial charge in [0.2, 0.25) is 0 Å². The molecule has 16 heavy (non-hydrogen) atoms. The number of hydrogen-bond donors (Lipinski definition) is 1. The molecule has 0 bridgehead atoms. The summed E-state index contributed by atoms with van der Waals surface area (Å²) < 4.78 is 0. The third kappa shape index (κ3) is 4.08. The predicted molar refractivity (Wildman–Crippen MR) is 72.8 cm³/mol. The van der Waals surface area contributed by atoms with Crippen LogP contribution in [0, 0.1) is 11.3 Å². The number of nitrogens with one attached hydrogen (secondary N) is 1. The molecule has 0 aromatic carbocycles. The molecule has 0 heterocycles. The molecule has 1 fully saturated rings. The molecule has 96 valence electrons. The number of hydrogen-bond acceptors (Lipinski definition) is 1. The van der Waals surface area contributed by atoms with Crippen LogP contribution in [-0.2, 0) is 0 Å². The maximum absolute atomic E-state index is 3.42. The predicted octanol–water partition coefficient (Wildman–Crippen LogP) is 4.37. The van der Waals surface area contributed by atoms with Crippen molar-refractivity contribution in [3.8, 4) is 0 Å². The zero-order valence-corrected chi connectivity index (χ0v) is 11.6. The van der Waals surface area contributed by atoms with Crippen molar-refractivity contribution in [2.24, 2.45) is 11.3 Å². The molecule has 0 saturated heterocycles. The second-order valence-corrected chi connectivity index (χ2v) is 5.87. The minimum absolute atomic E-state index is 0.645. The third-order valence-electron chi connectivity index (χ3n) is 4.46. The SMILES string of the molecule is CCCCC1CCC(CCC)(CNC)CC1. The monoisotopic (exact) mass is 225 g/mol. The van der Waals surface area contributed by atoms with Crippen LogP contribution in [0.2, 0.25) is 0 Å². The summed E-state index contributed by atoms with van der Waals surface area (Å²) in [6.07, 6.45) is 13.0. The Morgan fingerprint density at radius 2 is 1.81 bits per heavy atom. The molecule has 0 atom stereocenters. The molecule has 0 spiro atoms. The van der Waals surface area contributed by atoms with Gasteiger partial charge < -0.3 is 5.32 Å². The molecule has 0 amide bonds. The van der Waals surface area contributed by atoms with Crippen molar-refractivity contribution in [2.75, 3.05) is 13.6 Å². The lowest BCUT2D eigenvalue weighted by Gasteiger charge is -2.40. The Labute approximate surface area is 102 Å². The minimum Gasteiger partial charge on any atom is -0.319 e. The highest BCUT2D eigenvalue weighted by atomic mass is 14.8. The van der Waals surface area contributed by atoms with Crippen molar-refractivity contribution in [3.05, 3.63) is 0 Å². The largest absolute Gasteiger partial charge is 0.319 e. The maximum atomic E-state index is 3.42. The van der Waals surface area contributed by atoms with Crippen LogP contribution in [0.5, 0.6) is 0 Å². The summed E-state index contributed by atoms with van der Waals surface area (Å²) in [7, 11) is 2.11. The van der Waals surface area contributed by atoms with Crippen LogP contribution in [-0.4, -0.2) is 13.6 Å². The summed E-state index contributed by atoms with van der Waals surface area (Å²) in [6.45, 7) is 5.88. The van der Waals surface area contributed by atoms with E-state index in [-0.39, 0.29) is 0 Å². The minimum atomic E-state index is 0.645. The molecule has 0 aromatic heterocycles. The highest BCUT2D eigenvalue weighted by Gasteiger charge is 2.33. The molecular weight excluding hydrogens is 194 g/mol. The van der Waals surface area contributed by atoms with E-state index in [0.717, 1.165) is 5.92 Å². The molecule has 0 aromatic rings. The first-order valence-electron chi connectivity index (χ1n) is 7.41. The lowest BCUT2D eigenvalue weighted by molar-refractivity contribution is 0.129. The zero-order valence-electron chi connectivity index (χ0n) is 11.6. The molecule has 1 aliphatic carbocycles. The summed E-state index contributed by atoms with van der Waals surface area (Å²) in [5, 5.41) is 3.42. The highest BCUT2D eigenvalue weighted by molar-refractivity contribution is 4.86. The van der Waals surface area contributed by atoms with E-state index in [9.17, 15) is 0 Å². The van der Waals surface area contributed by atoms with Crippen LogP contribution in [0.25, 0.3) is 0 Å². The lowest BCUT2D eigenvalue weighted by atomic mass is 9.67. The van der Waals surface area contributed by atoms with Crippen molar-refractivity contribution < 1.29 is 0 Å². The fourth-order valence-electron chi connectivity index (χ4n) is 3.49. The van der Waals surface area contributed by atoms with Gasteiger partial charge in [-0.05, 0) is 50.5 Å². The molecule has 0 radical (unpaired) electrons. The molecule has 1 nitrogen and oxygen atoms in total. The summed E-state index contributed by atoms with van der Waals surface area (Å²) in [5.41, 5.74) is 0.645. The van der Waals surface area contributed by atoms with Gasteiger partial charge in [0.15, 0.2) is 0 Å². The first kappa shape index (κ1) is 14.0. The second kappa shape index (κ2) is 7.32. The Morgan fingerprint density at radius 3 is 2.31 bits per heavy atom. The van der Waals surface area contributed by atoms with Crippen LogP contribution >= 0.6 is 0 Å². The molecule has 1 rings (SSSR count). The Morgan fingerprint density at radius 1 is 1.12 bits per heavy atom. The molecular formula is C15H31N. The van der Waals surface area contributed by atoms with Crippen LogP contribution < -0.4 is 5.32 Å². The second-order valence-electron chi connectivity index (χ2n) is 5.87. The van der Waals surface area contributed by atoms with Gasteiger partial charge in [-0.25, -0.2) is 0 Å². The molecule has 1 heteroatoms. The summed E-state index contributed by atoms with van der Waals surface area (Å²) in [5.74, 6) is 1.04. The van der Waals surface area contributed by atoms with E-state index in [4.69, 9.17) is 0 Å². The average Bonchev–Trinajstić information content (AvgIpc) is 2.29. The van der Waals surface area contributed by atoms with Crippen molar-refractivity contribution in [1.82, 2.24) is 5.32 Å². The van der Waals surface area contributed by atoms with Gasteiger partial charge in [0.25, 0.3) is 0 Å². The standard InChI is InChI=1S/C15H31N/c1-4-6-7-14-8-11-15(10-5-2,12-9-14)13-16-3/h14,16H,4-13H2,1-3H3. The topological polar surface area (TPSA) is 12.0 Å². The van der Waals surface area contributed by atoms with Gasteiger partial charge in [0.05, 0.1) is 0 Å². The van der Waals surface area contributed by atoms with Gasteiger partial charge in [-0.1, -0.05) is 39.5 Å². The van der Waals surface area contributed by atoms with Crippen molar-refractivity contribution in [1.29, 1.82) is 0 Å².